The van der Waals surface area contributed by atoms with E-state index >= 15 is 0 Å². The van der Waals surface area contributed by atoms with E-state index in [4.69, 9.17) is 11.6 Å². The summed E-state index contributed by atoms with van der Waals surface area (Å²) in [4.78, 5) is 15.2. The molecule has 0 bridgehead atoms. The molecular weight excluding hydrogens is 267 g/mol. The lowest BCUT2D eigenvalue weighted by Gasteiger charge is -2.09. The van der Waals surface area contributed by atoms with Crippen LogP contribution in [0.1, 0.15) is 36.3 Å². The molecule has 1 heterocycles. The highest BCUT2D eigenvalue weighted by Crippen LogP contribution is 2.53. The van der Waals surface area contributed by atoms with Crippen LogP contribution in [0.2, 0.25) is 5.15 Å². The molecule has 6 heteroatoms. The maximum Gasteiger partial charge on any atom is 0.433 e. The molecule has 1 aliphatic rings. The molecule has 0 saturated heterocycles. The average Bonchev–Trinajstić information content (AvgIpc) is 2.85. The lowest BCUT2D eigenvalue weighted by Crippen LogP contribution is -2.12. The molecular formula is C12H11ClF3NO. The zero-order valence-electron chi connectivity index (χ0n) is 9.81. The smallest absolute Gasteiger partial charge is 0.294 e. The van der Waals surface area contributed by atoms with Gasteiger partial charge in [-0.1, -0.05) is 25.4 Å². The highest BCUT2D eigenvalue weighted by atomic mass is 35.5. The van der Waals surface area contributed by atoms with Crippen LogP contribution in [0.4, 0.5) is 13.2 Å². The number of carbonyl (C=O) groups excluding carboxylic acids is 1. The van der Waals surface area contributed by atoms with Gasteiger partial charge < -0.3 is 0 Å². The summed E-state index contributed by atoms with van der Waals surface area (Å²) >= 11 is 5.66. The number of halogens is 4. The molecule has 1 aromatic heterocycles. The van der Waals surface area contributed by atoms with Crippen molar-refractivity contribution < 1.29 is 18.0 Å². The Hall–Kier alpha value is -1.10. The highest BCUT2D eigenvalue weighted by molar-refractivity contribution is 6.33. The fourth-order valence-electron chi connectivity index (χ4n) is 1.88. The molecule has 0 radical (unpaired) electrons. The van der Waals surface area contributed by atoms with Gasteiger partial charge in [0, 0.05) is 5.92 Å². The van der Waals surface area contributed by atoms with E-state index in [9.17, 15) is 18.0 Å². The second-order valence-corrected chi connectivity index (χ2v) is 5.50. The fourth-order valence-corrected chi connectivity index (χ4v) is 2.13. The van der Waals surface area contributed by atoms with Gasteiger partial charge in [-0.15, -0.1) is 0 Å². The van der Waals surface area contributed by atoms with Crippen LogP contribution in [0, 0.1) is 11.3 Å². The Balaban J connectivity index is 2.29. The van der Waals surface area contributed by atoms with Crippen LogP contribution in [0.5, 0.6) is 0 Å². The molecule has 0 aromatic carbocycles. The van der Waals surface area contributed by atoms with Crippen LogP contribution >= 0.6 is 11.6 Å². The number of aromatic nitrogens is 1. The molecule has 1 aliphatic carbocycles. The van der Waals surface area contributed by atoms with Crippen molar-refractivity contribution in [2.45, 2.75) is 26.4 Å². The Labute approximate surface area is 107 Å². The van der Waals surface area contributed by atoms with E-state index in [0.717, 1.165) is 18.6 Å². The van der Waals surface area contributed by atoms with Crippen LogP contribution in [-0.4, -0.2) is 10.8 Å². The monoisotopic (exact) mass is 277 g/mol. The third-order valence-corrected chi connectivity index (χ3v) is 3.52. The van der Waals surface area contributed by atoms with E-state index in [1.54, 1.807) is 0 Å². The molecule has 0 N–H and O–H groups in total. The summed E-state index contributed by atoms with van der Waals surface area (Å²) in [5.41, 5.74) is -1.11. The zero-order valence-corrected chi connectivity index (χ0v) is 10.6. The van der Waals surface area contributed by atoms with Gasteiger partial charge in [-0.05, 0) is 24.0 Å². The van der Waals surface area contributed by atoms with Crippen molar-refractivity contribution in [2.24, 2.45) is 11.3 Å². The van der Waals surface area contributed by atoms with Gasteiger partial charge in [-0.2, -0.15) is 13.2 Å². The summed E-state index contributed by atoms with van der Waals surface area (Å²) < 4.78 is 37.2. The predicted octanol–water partition coefficient (Wildman–Crippen LogP) is 3.98. The molecule has 1 aromatic rings. The number of pyridine rings is 1. The molecule has 1 saturated carbocycles. The van der Waals surface area contributed by atoms with Gasteiger partial charge in [0.15, 0.2) is 5.78 Å². The first-order valence-electron chi connectivity index (χ1n) is 5.41. The quantitative estimate of drug-likeness (QED) is 0.604. The van der Waals surface area contributed by atoms with Crippen molar-refractivity contribution in [3.63, 3.8) is 0 Å². The maximum absolute atomic E-state index is 12.4. The van der Waals surface area contributed by atoms with Crippen LogP contribution in [0.3, 0.4) is 0 Å². The van der Waals surface area contributed by atoms with Crippen molar-refractivity contribution in [1.29, 1.82) is 0 Å². The Kier molecular flexibility index (Phi) is 2.93. The van der Waals surface area contributed by atoms with E-state index in [1.807, 2.05) is 13.8 Å². The average molecular weight is 278 g/mol. The Morgan fingerprint density at radius 1 is 1.44 bits per heavy atom. The minimum absolute atomic E-state index is 0.0697. The van der Waals surface area contributed by atoms with Crippen LogP contribution in [0.25, 0.3) is 0 Å². The first-order chi connectivity index (χ1) is 8.13. The molecule has 0 spiro atoms. The summed E-state index contributed by atoms with van der Waals surface area (Å²) in [6.07, 6.45) is -3.83. The van der Waals surface area contributed by atoms with Gasteiger partial charge in [-0.3, -0.25) is 4.79 Å². The van der Waals surface area contributed by atoms with Gasteiger partial charge in [0.05, 0.1) is 5.56 Å². The summed E-state index contributed by atoms with van der Waals surface area (Å²) in [6.45, 7) is 3.86. The predicted molar refractivity (Wildman–Crippen MR) is 60.5 cm³/mol. The van der Waals surface area contributed by atoms with Gasteiger partial charge in [-0.25, -0.2) is 4.98 Å². The molecule has 2 rings (SSSR count). The first-order valence-corrected chi connectivity index (χ1v) is 5.79. The number of carbonyl (C=O) groups is 1. The summed E-state index contributed by atoms with van der Waals surface area (Å²) in [5.74, 6) is -0.403. The molecule has 0 amide bonds. The second-order valence-electron chi connectivity index (χ2n) is 5.14. The van der Waals surface area contributed by atoms with Gasteiger partial charge in [0.1, 0.15) is 10.8 Å². The standard InChI is InChI=1S/C12H11ClF3NO/c1-11(2)5-7(11)9(18)6-3-4-8(12(14,15)16)17-10(6)13/h3-4,7H,5H2,1-2H3. The lowest BCUT2D eigenvalue weighted by atomic mass is 10.0. The summed E-state index contributed by atoms with van der Waals surface area (Å²) in [6, 6.07) is 1.89. The highest BCUT2D eigenvalue weighted by Gasteiger charge is 2.51. The van der Waals surface area contributed by atoms with E-state index in [2.05, 4.69) is 4.98 Å². The molecule has 98 valence electrons. The number of nitrogens with zero attached hydrogens (tertiary/aromatic N) is 1. The molecule has 1 atom stereocenters. The van der Waals surface area contributed by atoms with Gasteiger partial charge >= 0.3 is 6.18 Å². The van der Waals surface area contributed by atoms with Crippen LogP contribution < -0.4 is 0 Å². The van der Waals surface area contributed by atoms with E-state index in [1.165, 1.54) is 0 Å². The zero-order chi connectivity index (χ0) is 13.7. The SMILES string of the molecule is CC1(C)CC1C(=O)c1ccc(C(F)(F)F)nc1Cl. The lowest BCUT2D eigenvalue weighted by molar-refractivity contribution is -0.141. The van der Waals surface area contributed by atoms with Crippen molar-refractivity contribution in [1.82, 2.24) is 4.98 Å². The first kappa shape index (κ1) is 13.3. The van der Waals surface area contributed by atoms with Gasteiger partial charge in [0.2, 0.25) is 0 Å². The number of rotatable bonds is 2. The van der Waals surface area contributed by atoms with E-state index in [0.29, 0.717) is 0 Å². The normalized spacial score (nSPS) is 21.8. The second kappa shape index (κ2) is 3.95. The van der Waals surface area contributed by atoms with Crippen molar-refractivity contribution in [2.75, 3.05) is 0 Å². The third-order valence-electron chi connectivity index (χ3n) is 3.23. The van der Waals surface area contributed by atoms with E-state index in [-0.39, 0.29) is 27.8 Å². The Morgan fingerprint density at radius 3 is 2.39 bits per heavy atom. The van der Waals surface area contributed by atoms with Crippen molar-refractivity contribution >= 4 is 17.4 Å². The molecule has 18 heavy (non-hydrogen) atoms. The topological polar surface area (TPSA) is 30.0 Å². The molecule has 1 fully saturated rings. The molecule has 0 aliphatic heterocycles. The Morgan fingerprint density at radius 2 is 2.00 bits per heavy atom. The van der Waals surface area contributed by atoms with Gasteiger partial charge in [0.25, 0.3) is 0 Å². The summed E-state index contributed by atoms with van der Waals surface area (Å²) in [5, 5.41) is -0.377. The fraction of sp³-hybridized carbons (Fsp3) is 0.500. The molecule has 1 unspecified atom stereocenters. The number of hydrogen-bond donors (Lipinski definition) is 0. The number of ketones is 1. The van der Waals surface area contributed by atoms with E-state index < -0.39 is 11.9 Å². The van der Waals surface area contributed by atoms with Crippen LogP contribution in [0.15, 0.2) is 12.1 Å². The minimum Gasteiger partial charge on any atom is -0.294 e. The number of Topliss-reactive ketones (excluding diaryl/α,β-unsaturated/α-hetero) is 1. The third kappa shape index (κ3) is 2.36. The largest absolute Gasteiger partial charge is 0.433 e. The van der Waals surface area contributed by atoms with Crippen LogP contribution in [-0.2, 0) is 6.18 Å². The molecule has 2 nitrogen and oxygen atoms in total. The maximum atomic E-state index is 12.4. The summed E-state index contributed by atoms with van der Waals surface area (Å²) in [7, 11) is 0. The number of hydrogen-bond acceptors (Lipinski definition) is 2. The Bertz CT molecular complexity index is 511. The number of alkyl halides is 3. The van der Waals surface area contributed by atoms with Crippen molar-refractivity contribution in [3.05, 3.63) is 28.5 Å². The minimum atomic E-state index is -4.55. The van der Waals surface area contributed by atoms with Crippen molar-refractivity contribution in [3.8, 4) is 0 Å².